The van der Waals surface area contributed by atoms with Crippen LogP contribution < -0.4 is 4.72 Å². The number of carbonyl (C=O) groups is 1. The number of benzene rings is 2. The molecule has 1 saturated carbocycles. The molecule has 1 aromatic heterocycles. The van der Waals surface area contributed by atoms with Crippen LogP contribution in [0.5, 0.6) is 0 Å². The minimum Gasteiger partial charge on any atom is -0.593 e. The number of hydrogen-bond donors (Lipinski definition) is 1. The second-order valence-electron chi connectivity index (χ2n) is 6.89. The summed E-state index contributed by atoms with van der Waals surface area (Å²) < 4.78 is 54.6. The fourth-order valence-corrected chi connectivity index (χ4v) is 4.14. The SMILES string of the molecule is Cn1cc(-c2ccc(C(F)(F)F)cc2)c2ccc(C(=O)N[S+]([O-])C3CC3)cc21. The average Bonchev–Trinajstić information content (AvgIpc) is 3.45. The van der Waals surface area contributed by atoms with E-state index < -0.39 is 29.0 Å². The lowest BCUT2D eigenvalue weighted by Crippen LogP contribution is -2.33. The van der Waals surface area contributed by atoms with Crippen molar-refractivity contribution >= 4 is 28.2 Å². The van der Waals surface area contributed by atoms with Gasteiger partial charge in [0.1, 0.15) is 5.25 Å². The predicted octanol–water partition coefficient (Wildman–Crippen LogP) is 4.42. The Balaban J connectivity index is 1.65. The molecule has 1 atom stereocenters. The van der Waals surface area contributed by atoms with Crippen molar-refractivity contribution in [3.63, 3.8) is 0 Å². The molecule has 1 amide bonds. The Hall–Kier alpha value is -2.45. The highest BCUT2D eigenvalue weighted by Gasteiger charge is 2.36. The molecule has 0 spiro atoms. The van der Waals surface area contributed by atoms with Crippen molar-refractivity contribution < 1.29 is 22.5 Å². The van der Waals surface area contributed by atoms with Crippen LogP contribution in [0.2, 0.25) is 0 Å². The zero-order valence-corrected chi connectivity index (χ0v) is 15.7. The first kappa shape index (κ1) is 18.9. The molecule has 28 heavy (non-hydrogen) atoms. The molecule has 0 bridgehead atoms. The molecule has 1 aliphatic rings. The number of alkyl halides is 3. The highest BCUT2D eigenvalue weighted by atomic mass is 32.2. The fourth-order valence-electron chi connectivity index (χ4n) is 3.11. The van der Waals surface area contributed by atoms with Gasteiger partial charge in [0.25, 0.3) is 5.91 Å². The van der Waals surface area contributed by atoms with E-state index in [9.17, 15) is 22.5 Å². The third-order valence-corrected chi connectivity index (χ3v) is 6.26. The maximum absolute atomic E-state index is 12.8. The summed E-state index contributed by atoms with van der Waals surface area (Å²) in [5.41, 5.74) is 1.89. The summed E-state index contributed by atoms with van der Waals surface area (Å²) in [4.78, 5) is 12.3. The molecule has 0 radical (unpaired) electrons. The lowest BCUT2D eigenvalue weighted by atomic mass is 10.0. The van der Waals surface area contributed by atoms with E-state index in [4.69, 9.17) is 0 Å². The van der Waals surface area contributed by atoms with E-state index in [1.54, 1.807) is 25.2 Å². The summed E-state index contributed by atoms with van der Waals surface area (Å²) in [5, 5.41) is 0.871. The van der Waals surface area contributed by atoms with E-state index in [0.29, 0.717) is 11.1 Å². The molecule has 146 valence electrons. The largest absolute Gasteiger partial charge is 0.593 e. The number of halogens is 3. The zero-order chi connectivity index (χ0) is 20.1. The summed E-state index contributed by atoms with van der Waals surface area (Å²) in [6.45, 7) is 0. The summed E-state index contributed by atoms with van der Waals surface area (Å²) >= 11 is -1.36. The van der Waals surface area contributed by atoms with E-state index in [-0.39, 0.29) is 5.25 Å². The normalized spacial score (nSPS) is 15.6. The van der Waals surface area contributed by atoms with Gasteiger partial charge >= 0.3 is 6.18 Å². The first-order chi connectivity index (χ1) is 13.2. The van der Waals surface area contributed by atoms with Crippen LogP contribution in [-0.4, -0.2) is 20.3 Å². The average molecular weight is 406 g/mol. The smallest absolute Gasteiger partial charge is 0.416 e. The minimum absolute atomic E-state index is 0.0500. The van der Waals surface area contributed by atoms with Gasteiger partial charge in [0, 0.05) is 48.1 Å². The molecule has 3 aromatic rings. The van der Waals surface area contributed by atoms with Crippen LogP contribution in [-0.2, 0) is 24.6 Å². The topological polar surface area (TPSA) is 57.1 Å². The van der Waals surface area contributed by atoms with Crippen LogP contribution in [0.3, 0.4) is 0 Å². The third-order valence-electron chi connectivity index (χ3n) is 4.80. The Bertz CT molecular complexity index is 1040. The second-order valence-corrected chi connectivity index (χ2v) is 8.35. The van der Waals surface area contributed by atoms with Gasteiger partial charge in [0.2, 0.25) is 0 Å². The van der Waals surface area contributed by atoms with E-state index in [2.05, 4.69) is 4.72 Å². The maximum Gasteiger partial charge on any atom is 0.416 e. The van der Waals surface area contributed by atoms with E-state index in [1.165, 1.54) is 12.1 Å². The molecule has 1 fully saturated rings. The van der Waals surface area contributed by atoms with Crippen LogP contribution in [0, 0.1) is 0 Å². The summed E-state index contributed by atoms with van der Waals surface area (Å²) in [5.74, 6) is -0.399. The number of carbonyl (C=O) groups excluding carboxylic acids is 1. The number of nitrogens with one attached hydrogen (secondary N) is 1. The molecule has 2 aromatic carbocycles. The lowest BCUT2D eigenvalue weighted by Gasteiger charge is -2.10. The molecule has 8 heteroatoms. The standard InChI is InChI=1S/C20H17F3N2O2S/c1-25-11-17(12-2-5-14(6-3-12)20(21,22)23)16-9-4-13(10-18(16)25)19(26)24-28(27)15-7-8-15/h2-6,9-11,15H,7-8H2,1H3,(H,24,26). The van der Waals surface area contributed by atoms with Crippen molar-refractivity contribution in [2.75, 3.05) is 0 Å². The first-order valence-electron chi connectivity index (χ1n) is 8.72. The van der Waals surface area contributed by atoms with Crippen molar-refractivity contribution in [1.29, 1.82) is 0 Å². The Labute approximate surface area is 162 Å². The van der Waals surface area contributed by atoms with Crippen LogP contribution in [0.1, 0.15) is 28.8 Å². The molecule has 1 heterocycles. The summed E-state index contributed by atoms with van der Waals surface area (Å²) in [6, 6.07) is 10.1. The fraction of sp³-hybridized carbons (Fsp3) is 0.250. The van der Waals surface area contributed by atoms with Crippen LogP contribution in [0.4, 0.5) is 13.2 Å². The van der Waals surface area contributed by atoms with Gasteiger partial charge in [-0.1, -0.05) is 18.2 Å². The van der Waals surface area contributed by atoms with Gasteiger partial charge < -0.3 is 9.12 Å². The maximum atomic E-state index is 12.8. The van der Waals surface area contributed by atoms with Gasteiger partial charge in [-0.25, -0.2) is 0 Å². The second kappa shape index (κ2) is 6.86. The molecule has 0 aliphatic heterocycles. The summed E-state index contributed by atoms with van der Waals surface area (Å²) in [6.07, 6.45) is -0.835. The highest BCUT2D eigenvalue weighted by molar-refractivity contribution is 7.91. The molecule has 4 nitrogen and oxygen atoms in total. The lowest BCUT2D eigenvalue weighted by molar-refractivity contribution is -0.137. The molecular weight excluding hydrogens is 389 g/mol. The van der Waals surface area contributed by atoms with Crippen molar-refractivity contribution in [1.82, 2.24) is 9.29 Å². The number of amides is 1. The van der Waals surface area contributed by atoms with Gasteiger partial charge in [-0.2, -0.15) is 17.9 Å². The van der Waals surface area contributed by atoms with Gasteiger partial charge in [0.05, 0.1) is 16.9 Å². The van der Waals surface area contributed by atoms with Crippen LogP contribution in [0.25, 0.3) is 22.0 Å². The van der Waals surface area contributed by atoms with Gasteiger partial charge in [0.15, 0.2) is 0 Å². The molecular formula is C20H17F3N2O2S. The van der Waals surface area contributed by atoms with E-state index in [1.807, 2.05) is 10.8 Å². The molecule has 1 aliphatic carbocycles. The Morgan fingerprint density at radius 3 is 2.46 bits per heavy atom. The number of hydrogen-bond acceptors (Lipinski definition) is 2. The molecule has 1 N–H and O–H groups in total. The van der Waals surface area contributed by atoms with Crippen molar-refractivity contribution in [2.45, 2.75) is 24.3 Å². The Morgan fingerprint density at radius 2 is 1.86 bits per heavy atom. The predicted molar refractivity (Wildman–Crippen MR) is 102 cm³/mol. The number of rotatable bonds is 4. The quantitative estimate of drug-likeness (QED) is 0.652. The Kier molecular flexibility index (Phi) is 4.63. The van der Waals surface area contributed by atoms with Gasteiger partial charge in [-0.15, -0.1) is 0 Å². The number of fused-ring (bicyclic) bond motifs is 1. The van der Waals surface area contributed by atoms with Crippen molar-refractivity contribution in [3.8, 4) is 11.1 Å². The van der Waals surface area contributed by atoms with E-state index >= 15 is 0 Å². The minimum atomic E-state index is -4.37. The summed E-state index contributed by atoms with van der Waals surface area (Å²) in [7, 11) is 1.81. The van der Waals surface area contributed by atoms with Crippen molar-refractivity contribution in [3.05, 3.63) is 59.8 Å². The molecule has 4 rings (SSSR count). The molecule has 1 unspecified atom stereocenters. The third kappa shape index (κ3) is 3.62. The number of nitrogens with zero attached hydrogens (tertiary/aromatic N) is 1. The number of aromatic nitrogens is 1. The van der Waals surface area contributed by atoms with Crippen molar-refractivity contribution in [2.24, 2.45) is 7.05 Å². The first-order valence-corrected chi connectivity index (χ1v) is 9.93. The van der Waals surface area contributed by atoms with Gasteiger partial charge in [-0.3, -0.25) is 4.79 Å². The monoisotopic (exact) mass is 406 g/mol. The van der Waals surface area contributed by atoms with Gasteiger partial charge in [-0.05, 0) is 29.8 Å². The highest BCUT2D eigenvalue weighted by Crippen LogP contribution is 2.34. The number of aryl methyl sites for hydroxylation is 1. The van der Waals surface area contributed by atoms with E-state index in [0.717, 1.165) is 41.4 Å². The van der Waals surface area contributed by atoms with Crippen LogP contribution >= 0.6 is 0 Å². The molecule has 0 saturated heterocycles. The Morgan fingerprint density at radius 1 is 1.18 bits per heavy atom. The zero-order valence-electron chi connectivity index (χ0n) is 14.9. The van der Waals surface area contributed by atoms with Crippen LogP contribution in [0.15, 0.2) is 48.7 Å².